The number of hydrogen-bond donors (Lipinski definition) is 0. The van der Waals surface area contributed by atoms with E-state index in [-0.39, 0.29) is 0 Å². The van der Waals surface area contributed by atoms with Gasteiger partial charge in [0, 0.05) is 38.4 Å². The van der Waals surface area contributed by atoms with E-state index >= 15 is 0 Å². The van der Waals surface area contributed by atoms with Crippen LogP contribution in [0.25, 0.3) is 11.5 Å². The van der Waals surface area contributed by atoms with Gasteiger partial charge < -0.3 is 14.2 Å². The molecule has 2 heterocycles. The van der Waals surface area contributed by atoms with E-state index in [9.17, 15) is 0 Å². The molecule has 2 aromatic rings. The molecule has 2 aliphatic rings. The second kappa shape index (κ2) is 7.78. The van der Waals surface area contributed by atoms with Crippen molar-refractivity contribution in [2.24, 2.45) is 5.92 Å². The first kappa shape index (κ1) is 17.5. The van der Waals surface area contributed by atoms with Gasteiger partial charge in [-0.2, -0.15) is 0 Å². The molecular formula is C21H30N4O. The molecule has 1 saturated heterocycles. The Kier molecular flexibility index (Phi) is 5.25. The summed E-state index contributed by atoms with van der Waals surface area (Å²) in [5.74, 6) is 2.73. The van der Waals surface area contributed by atoms with Crippen LogP contribution in [-0.4, -0.2) is 48.8 Å². The summed E-state index contributed by atoms with van der Waals surface area (Å²) in [6.45, 7) is 3.48. The highest BCUT2D eigenvalue weighted by atomic mass is 16.4. The van der Waals surface area contributed by atoms with Crippen LogP contribution in [-0.2, 0) is 0 Å². The van der Waals surface area contributed by atoms with Gasteiger partial charge in [0.1, 0.15) is 0 Å². The number of rotatable bonds is 5. The maximum absolute atomic E-state index is 6.03. The molecule has 4 rings (SSSR count). The van der Waals surface area contributed by atoms with E-state index in [1.807, 2.05) is 14.1 Å². The average Bonchev–Trinajstić information content (AvgIpc) is 3.32. The molecule has 0 spiro atoms. The molecule has 2 fully saturated rings. The molecule has 0 radical (unpaired) electrons. The maximum Gasteiger partial charge on any atom is 0.247 e. The molecule has 5 nitrogen and oxygen atoms in total. The van der Waals surface area contributed by atoms with Gasteiger partial charge in [-0.15, -0.1) is 10.2 Å². The first-order valence-corrected chi connectivity index (χ1v) is 10.0. The molecule has 0 N–H and O–H groups in total. The highest BCUT2D eigenvalue weighted by Gasteiger charge is 2.30. The van der Waals surface area contributed by atoms with Crippen LogP contribution in [0.2, 0.25) is 0 Å². The molecule has 1 unspecified atom stereocenters. The Hall–Kier alpha value is -1.88. The van der Waals surface area contributed by atoms with Gasteiger partial charge in [-0.1, -0.05) is 19.3 Å². The van der Waals surface area contributed by atoms with Gasteiger partial charge in [-0.05, 0) is 56.0 Å². The molecule has 5 heteroatoms. The summed E-state index contributed by atoms with van der Waals surface area (Å²) in [6.07, 6.45) is 8.22. The van der Waals surface area contributed by atoms with Gasteiger partial charge in [-0.25, -0.2) is 0 Å². The number of anilines is 1. The molecule has 1 saturated carbocycles. The van der Waals surface area contributed by atoms with Crippen LogP contribution >= 0.6 is 0 Å². The summed E-state index contributed by atoms with van der Waals surface area (Å²) in [5.41, 5.74) is 2.16. The Morgan fingerprint density at radius 1 is 1.04 bits per heavy atom. The van der Waals surface area contributed by atoms with Gasteiger partial charge in [0.2, 0.25) is 11.8 Å². The Morgan fingerprint density at radius 2 is 1.81 bits per heavy atom. The summed E-state index contributed by atoms with van der Waals surface area (Å²) < 4.78 is 6.03. The number of nitrogens with zero attached hydrogens (tertiary/aromatic N) is 4. The fraction of sp³-hybridized carbons (Fsp3) is 0.619. The van der Waals surface area contributed by atoms with Crippen LogP contribution in [0.15, 0.2) is 28.7 Å². The van der Waals surface area contributed by atoms with Crippen LogP contribution in [0.4, 0.5) is 5.69 Å². The third-order valence-corrected chi connectivity index (χ3v) is 5.93. The van der Waals surface area contributed by atoms with Crippen LogP contribution in [0.5, 0.6) is 0 Å². The summed E-state index contributed by atoms with van der Waals surface area (Å²) in [7, 11) is 4.08. The first-order chi connectivity index (χ1) is 12.7. The normalized spacial score (nSPS) is 22.0. The molecule has 1 aromatic heterocycles. The van der Waals surface area contributed by atoms with E-state index in [2.05, 4.69) is 44.3 Å². The Morgan fingerprint density at radius 3 is 2.54 bits per heavy atom. The Bertz CT molecular complexity index is 703. The van der Waals surface area contributed by atoms with Crippen molar-refractivity contribution in [3.8, 4) is 11.5 Å². The van der Waals surface area contributed by atoms with Crippen molar-refractivity contribution in [2.45, 2.75) is 44.4 Å². The van der Waals surface area contributed by atoms with Crippen molar-refractivity contribution in [1.82, 2.24) is 15.1 Å². The van der Waals surface area contributed by atoms with Gasteiger partial charge in [0.25, 0.3) is 0 Å². The third-order valence-electron chi connectivity index (χ3n) is 5.93. The molecule has 0 bridgehead atoms. The minimum Gasteiger partial charge on any atom is -0.420 e. The third kappa shape index (κ3) is 3.93. The molecule has 1 aliphatic heterocycles. The van der Waals surface area contributed by atoms with Crippen molar-refractivity contribution in [1.29, 1.82) is 0 Å². The topological polar surface area (TPSA) is 45.4 Å². The second-order valence-corrected chi connectivity index (χ2v) is 8.14. The summed E-state index contributed by atoms with van der Waals surface area (Å²) in [6, 6.07) is 8.27. The van der Waals surface area contributed by atoms with Crippen molar-refractivity contribution in [2.75, 3.05) is 38.6 Å². The van der Waals surface area contributed by atoms with E-state index in [1.165, 1.54) is 44.3 Å². The Balaban J connectivity index is 1.37. The molecule has 0 amide bonds. The number of benzene rings is 1. The van der Waals surface area contributed by atoms with Crippen molar-refractivity contribution in [3.05, 3.63) is 30.2 Å². The average molecular weight is 354 g/mol. The zero-order valence-electron chi connectivity index (χ0n) is 16.0. The monoisotopic (exact) mass is 354 g/mol. The van der Waals surface area contributed by atoms with E-state index in [0.717, 1.165) is 36.9 Å². The maximum atomic E-state index is 6.03. The van der Waals surface area contributed by atoms with E-state index < -0.39 is 0 Å². The number of likely N-dealkylation sites (tertiary alicyclic amines) is 1. The first-order valence-electron chi connectivity index (χ1n) is 10.0. The van der Waals surface area contributed by atoms with Crippen LogP contribution in [0.3, 0.4) is 0 Å². The van der Waals surface area contributed by atoms with Gasteiger partial charge in [-0.3, -0.25) is 0 Å². The summed E-state index contributed by atoms with van der Waals surface area (Å²) in [4.78, 5) is 4.69. The van der Waals surface area contributed by atoms with Crippen LogP contribution in [0, 0.1) is 5.92 Å². The fourth-order valence-corrected chi connectivity index (χ4v) is 4.35. The van der Waals surface area contributed by atoms with Crippen molar-refractivity contribution >= 4 is 5.69 Å². The van der Waals surface area contributed by atoms with E-state index in [4.69, 9.17) is 4.42 Å². The van der Waals surface area contributed by atoms with Gasteiger partial charge >= 0.3 is 0 Å². The van der Waals surface area contributed by atoms with E-state index in [1.54, 1.807) is 0 Å². The summed E-state index contributed by atoms with van der Waals surface area (Å²) in [5, 5.41) is 8.66. The lowest BCUT2D eigenvalue weighted by Crippen LogP contribution is -2.28. The minimum absolute atomic E-state index is 0.390. The molecule has 140 valence electrons. The molecule has 1 aromatic carbocycles. The molecule has 1 aliphatic carbocycles. The van der Waals surface area contributed by atoms with Crippen LogP contribution < -0.4 is 4.90 Å². The molecule has 26 heavy (non-hydrogen) atoms. The SMILES string of the molecule is CN(C)c1ccc(-c2nnc(C3CCN(CC4CCCCC4)C3)o2)cc1. The van der Waals surface area contributed by atoms with Crippen LogP contribution in [0.1, 0.15) is 50.3 Å². The molecular weight excluding hydrogens is 324 g/mol. The smallest absolute Gasteiger partial charge is 0.247 e. The predicted octanol–water partition coefficient (Wildman–Crippen LogP) is 4.17. The largest absolute Gasteiger partial charge is 0.420 e. The number of hydrogen-bond acceptors (Lipinski definition) is 5. The van der Waals surface area contributed by atoms with E-state index in [0.29, 0.717) is 11.8 Å². The van der Waals surface area contributed by atoms with Crippen molar-refractivity contribution in [3.63, 3.8) is 0 Å². The quantitative estimate of drug-likeness (QED) is 0.806. The van der Waals surface area contributed by atoms with Gasteiger partial charge in [0.05, 0.1) is 5.92 Å². The summed E-state index contributed by atoms with van der Waals surface area (Å²) >= 11 is 0. The highest BCUT2D eigenvalue weighted by molar-refractivity contribution is 5.58. The minimum atomic E-state index is 0.390. The zero-order valence-corrected chi connectivity index (χ0v) is 16.0. The standard InChI is InChI=1S/C21H30N4O/c1-24(2)19-10-8-17(9-11-19)20-22-23-21(26-20)18-12-13-25(15-18)14-16-6-4-3-5-7-16/h8-11,16,18H,3-7,12-15H2,1-2H3. The lowest BCUT2D eigenvalue weighted by molar-refractivity contribution is 0.230. The fourth-order valence-electron chi connectivity index (χ4n) is 4.35. The number of aromatic nitrogens is 2. The molecule has 1 atom stereocenters. The lowest BCUT2D eigenvalue weighted by Gasteiger charge is -2.26. The Labute approximate surface area is 156 Å². The lowest BCUT2D eigenvalue weighted by atomic mass is 9.89. The second-order valence-electron chi connectivity index (χ2n) is 8.14. The van der Waals surface area contributed by atoms with Crippen molar-refractivity contribution < 1.29 is 4.42 Å². The highest BCUT2D eigenvalue weighted by Crippen LogP contribution is 2.31. The van der Waals surface area contributed by atoms with Gasteiger partial charge in [0.15, 0.2) is 0 Å². The predicted molar refractivity (Wildman–Crippen MR) is 104 cm³/mol. The zero-order chi connectivity index (χ0) is 17.9.